The molecule has 0 spiro atoms. The zero-order valence-corrected chi connectivity index (χ0v) is 15.4. The topological polar surface area (TPSA) is 72.4 Å². The van der Waals surface area contributed by atoms with Crippen LogP contribution in [0.4, 0.5) is 17.6 Å². The van der Waals surface area contributed by atoms with Gasteiger partial charge in [-0.3, -0.25) is 4.79 Å². The van der Waals surface area contributed by atoms with Gasteiger partial charge in [-0.2, -0.15) is 13.2 Å². The molecule has 0 aliphatic carbocycles. The van der Waals surface area contributed by atoms with E-state index >= 15 is 0 Å². The second-order valence-electron chi connectivity index (χ2n) is 6.00. The molecule has 0 radical (unpaired) electrons. The first-order valence-corrected chi connectivity index (χ1v) is 8.63. The highest BCUT2D eigenvalue weighted by Gasteiger charge is 2.38. The van der Waals surface area contributed by atoms with Crippen LogP contribution in [-0.4, -0.2) is 20.4 Å². The summed E-state index contributed by atoms with van der Waals surface area (Å²) in [4.78, 5) is 11.0. The monoisotopic (exact) mass is 433 g/mol. The molecule has 2 N–H and O–H groups in total. The Kier molecular flexibility index (Phi) is 6.70. The largest absolute Gasteiger partial charge is 0.598 e. The molecule has 1 unspecified atom stereocenters. The Bertz CT molecular complexity index is 619. The summed E-state index contributed by atoms with van der Waals surface area (Å²) in [7, 11) is 0. The molecular weight excluding hydrogens is 418 g/mol. The van der Waals surface area contributed by atoms with E-state index in [2.05, 4.69) is 20.7 Å². The van der Waals surface area contributed by atoms with Crippen molar-refractivity contribution in [3.8, 4) is 0 Å². The predicted molar refractivity (Wildman–Crippen MR) is 85.1 cm³/mol. The maximum absolute atomic E-state index is 14.3. The van der Waals surface area contributed by atoms with Gasteiger partial charge in [0.2, 0.25) is 0 Å². The van der Waals surface area contributed by atoms with Crippen molar-refractivity contribution >= 4 is 33.3 Å². The summed E-state index contributed by atoms with van der Waals surface area (Å²) >= 11 is 1.06. The van der Waals surface area contributed by atoms with Crippen LogP contribution < -0.4 is 4.72 Å². The Morgan fingerprint density at radius 2 is 1.92 bits per heavy atom. The molecule has 1 rings (SSSR count). The van der Waals surface area contributed by atoms with Gasteiger partial charge in [-0.1, -0.05) is 15.9 Å². The summed E-state index contributed by atoms with van der Waals surface area (Å²) in [5.41, 5.74) is -2.04. The van der Waals surface area contributed by atoms with E-state index in [-0.39, 0.29) is 4.47 Å². The van der Waals surface area contributed by atoms with Gasteiger partial charge in [0.05, 0.1) is 18.0 Å². The average Bonchev–Trinajstić information content (AvgIpc) is 2.37. The van der Waals surface area contributed by atoms with Crippen molar-refractivity contribution in [2.75, 3.05) is 0 Å². The Balaban J connectivity index is 3.38. The zero-order chi connectivity index (χ0) is 18.9. The molecular formula is C14H16BrF4NO3S. The van der Waals surface area contributed by atoms with Gasteiger partial charge in [0.1, 0.15) is 10.6 Å². The lowest BCUT2D eigenvalue weighted by Gasteiger charge is -2.28. The predicted octanol–water partition coefficient (Wildman–Crippen LogP) is 4.17. The molecule has 1 aromatic carbocycles. The Hall–Kier alpha value is -0.840. The number of rotatable bonds is 5. The first-order valence-electron chi connectivity index (χ1n) is 6.69. The van der Waals surface area contributed by atoms with Gasteiger partial charge in [-0.05, 0) is 32.9 Å². The highest BCUT2D eigenvalue weighted by molar-refractivity contribution is 9.10. The first kappa shape index (κ1) is 21.2. The molecule has 0 saturated heterocycles. The smallest absolute Gasteiger partial charge is 0.419 e. The van der Waals surface area contributed by atoms with E-state index in [0.717, 1.165) is 6.07 Å². The minimum absolute atomic E-state index is 0.0649. The molecule has 0 aromatic heterocycles. The molecule has 136 valence electrons. The fraction of sp³-hybridized carbons (Fsp3) is 0.500. The van der Waals surface area contributed by atoms with E-state index in [1.807, 2.05) is 0 Å². The van der Waals surface area contributed by atoms with E-state index in [1.165, 1.54) is 0 Å². The number of carbonyl (C=O) groups is 1. The number of carboxylic acids is 1. The van der Waals surface area contributed by atoms with Crippen molar-refractivity contribution in [2.45, 2.75) is 44.2 Å². The minimum atomic E-state index is -4.94. The summed E-state index contributed by atoms with van der Waals surface area (Å²) in [6.07, 6.45) is -5.67. The van der Waals surface area contributed by atoms with E-state index < -0.39 is 57.7 Å². The fourth-order valence-corrected chi connectivity index (χ4v) is 3.06. The maximum Gasteiger partial charge on any atom is 0.419 e. The minimum Gasteiger partial charge on any atom is -0.598 e. The van der Waals surface area contributed by atoms with Gasteiger partial charge in [-0.15, -0.1) is 4.72 Å². The fourth-order valence-electron chi connectivity index (χ4n) is 1.77. The summed E-state index contributed by atoms with van der Waals surface area (Å²) < 4.78 is 66.8. The normalized spacial score (nSPS) is 15.2. The van der Waals surface area contributed by atoms with Crippen LogP contribution in [0.15, 0.2) is 16.6 Å². The Labute approximate surface area is 148 Å². The number of nitrogens with one attached hydrogen (secondary N) is 1. The lowest BCUT2D eigenvalue weighted by atomic mass is 10.0. The van der Waals surface area contributed by atoms with Crippen LogP contribution in [0.1, 0.15) is 44.4 Å². The number of carboxylic acid groups (broad SMARTS) is 1. The second-order valence-corrected chi connectivity index (χ2v) is 8.92. The molecule has 0 heterocycles. The highest BCUT2D eigenvalue weighted by Crippen LogP contribution is 2.37. The number of hydrogen-bond acceptors (Lipinski definition) is 3. The number of halogens is 5. The molecule has 24 heavy (non-hydrogen) atoms. The molecule has 0 aliphatic rings. The summed E-state index contributed by atoms with van der Waals surface area (Å²) in [5.74, 6) is -2.96. The van der Waals surface area contributed by atoms with Gasteiger partial charge < -0.3 is 9.66 Å². The van der Waals surface area contributed by atoms with Gasteiger partial charge in [0.15, 0.2) is 0 Å². The van der Waals surface area contributed by atoms with Crippen LogP contribution in [0, 0.1) is 5.82 Å². The summed E-state index contributed by atoms with van der Waals surface area (Å²) in [6, 6.07) is 0.226. The van der Waals surface area contributed by atoms with Crippen LogP contribution in [0.3, 0.4) is 0 Å². The van der Waals surface area contributed by atoms with E-state index in [1.54, 1.807) is 20.8 Å². The standard InChI is InChI=1S/C14H16BrF4NO3S/c1-13(2,3)24(23)20-10(6-11(21)22)8-4-7(15)5-9(12(8)16)14(17,18)19/h4-5,10,20H,6H2,1-3H3,(H,21,22)/t10?,24-/m1/s1. The van der Waals surface area contributed by atoms with Crippen molar-refractivity contribution in [2.24, 2.45) is 0 Å². The maximum atomic E-state index is 14.3. The number of alkyl halides is 3. The van der Waals surface area contributed by atoms with E-state index in [0.29, 0.717) is 6.07 Å². The average molecular weight is 434 g/mol. The first-order chi connectivity index (χ1) is 10.7. The Morgan fingerprint density at radius 1 is 1.38 bits per heavy atom. The molecule has 2 atom stereocenters. The summed E-state index contributed by atoms with van der Waals surface area (Å²) in [6.45, 7) is 4.77. The molecule has 0 saturated carbocycles. The van der Waals surface area contributed by atoms with Crippen molar-refractivity contribution in [3.63, 3.8) is 0 Å². The third-order valence-electron chi connectivity index (χ3n) is 2.93. The molecule has 4 nitrogen and oxygen atoms in total. The van der Waals surface area contributed by atoms with Crippen LogP contribution in [0.2, 0.25) is 0 Å². The quantitative estimate of drug-likeness (QED) is 0.539. The van der Waals surface area contributed by atoms with Crippen molar-refractivity contribution in [3.05, 3.63) is 33.5 Å². The van der Waals surface area contributed by atoms with Crippen LogP contribution in [0.25, 0.3) is 0 Å². The third-order valence-corrected chi connectivity index (χ3v) is 5.00. The van der Waals surface area contributed by atoms with Gasteiger partial charge in [-0.25, -0.2) is 4.39 Å². The van der Waals surface area contributed by atoms with E-state index in [9.17, 15) is 26.9 Å². The highest BCUT2D eigenvalue weighted by atomic mass is 79.9. The van der Waals surface area contributed by atoms with Crippen molar-refractivity contribution in [1.82, 2.24) is 4.72 Å². The molecule has 0 fully saturated rings. The number of aliphatic carboxylic acids is 1. The lowest BCUT2D eigenvalue weighted by molar-refractivity contribution is -0.140. The Morgan fingerprint density at radius 3 is 2.33 bits per heavy atom. The summed E-state index contributed by atoms with van der Waals surface area (Å²) in [5, 5.41) is 8.95. The number of hydrogen-bond donors (Lipinski definition) is 2. The van der Waals surface area contributed by atoms with Gasteiger partial charge in [0, 0.05) is 21.4 Å². The molecule has 0 amide bonds. The number of benzene rings is 1. The van der Waals surface area contributed by atoms with Crippen LogP contribution in [-0.2, 0) is 22.3 Å². The molecule has 10 heteroatoms. The lowest BCUT2D eigenvalue weighted by Crippen LogP contribution is -2.42. The molecule has 0 bridgehead atoms. The zero-order valence-electron chi connectivity index (χ0n) is 13.0. The van der Waals surface area contributed by atoms with Gasteiger partial charge in [0.25, 0.3) is 0 Å². The molecule has 1 aromatic rings. The SMILES string of the molecule is CC(C)(C)[S@@+]([O-])NC(CC(=O)O)c1cc(Br)cc(C(F)(F)F)c1F. The van der Waals surface area contributed by atoms with Crippen LogP contribution in [0.5, 0.6) is 0 Å². The van der Waals surface area contributed by atoms with E-state index in [4.69, 9.17) is 5.11 Å². The second kappa shape index (κ2) is 7.59. The third kappa shape index (κ3) is 5.61. The van der Waals surface area contributed by atoms with Crippen LogP contribution >= 0.6 is 15.9 Å². The van der Waals surface area contributed by atoms with Crippen molar-refractivity contribution < 1.29 is 32.0 Å². The van der Waals surface area contributed by atoms with Gasteiger partial charge >= 0.3 is 12.1 Å². The molecule has 0 aliphatic heterocycles. The van der Waals surface area contributed by atoms with Crippen molar-refractivity contribution in [1.29, 1.82) is 0 Å².